The Hall–Kier alpha value is -2.84. The fraction of sp³-hybridized carbons (Fsp3) is 0.529. The fourth-order valence-corrected chi connectivity index (χ4v) is 2.20. The van der Waals surface area contributed by atoms with Gasteiger partial charge in [-0.15, -0.1) is 0 Å². The van der Waals surface area contributed by atoms with Crippen molar-refractivity contribution in [2.45, 2.75) is 47.1 Å². The van der Waals surface area contributed by atoms with Crippen molar-refractivity contribution in [2.75, 3.05) is 13.2 Å². The Balaban J connectivity index is 2.69. The van der Waals surface area contributed by atoms with Crippen LogP contribution in [-0.2, 0) is 14.3 Å². The molecule has 0 fully saturated rings. The SMILES string of the molecule is CCOC(=O)c1c(C)[nH]c(C(=O)OCC(=O)NC(=O)NC(C)(C)C)c1C. The standard InChI is InChI=1S/C17H25N3O6/c1-7-25-14(22)12-9(2)13(18-10(12)3)15(23)26-8-11(21)19-16(24)20-17(4,5)6/h18H,7-8H2,1-6H3,(H2,19,20,21,24). The van der Waals surface area contributed by atoms with E-state index < -0.39 is 36.0 Å². The predicted molar refractivity (Wildman–Crippen MR) is 92.9 cm³/mol. The molecule has 0 unspecified atom stereocenters. The zero-order valence-electron chi connectivity index (χ0n) is 15.9. The van der Waals surface area contributed by atoms with Gasteiger partial charge in [0.1, 0.15) is 5.69 Å². The summed E-state index contributed by atoms with van der Waals surface area (Å²) in [6, 6.07) is -0.685. The van der Waals surface area contributed by atoms with E-state index in [1.807, 2.05) is 0 Å². The fourth-order valence-electron chi connectivity index (χ4n) is 2.20. The molecule has 9 nitrogen and oxygen atoms in total. The number of aromatic nitrogens is 1. The van der Waals surface area contributed by atoms with Crippen molar-refractivity contribution in [3.63, 3.8) is 0 Å². The third-order valence-electron chi connectivity index (χ3n) is 3.20. The molecule has 0 aliphatic heterocycles. The molecule has 26 heavy (non-hydrogen) atoms. The van der Waals surface area contributed by atoms with E-state index in [1.54, 1.807) is 41.5 Å². The third-order valence-corrected chi connectivity index (χ3v) is 3.20. The lowest BCUT2D eigenvalue weighted by molar-refractivity contribution is -0.123. The van der Waals surface area contributed by atoms with Crippen molar-refractivity contribution in [3.8, 4) is 0 Å². The van der Waals surface area contributed by atoms with Crippen LogP contribution in [0, 0.1) is 13.8 Å². The summed E-state index contributed by atoms with van der Waals surface area (Å²) in [6.07, 6.45) is 0. The van der Waals surface area contributed by atoms with Crippen LogP contribution in [0.3, 0.4) is 0 Å². The first-order valence-electron chi connectivity index (χ1n) is 8.11. The second-order valence-electron chi connectivity index (χ2n) is 6.67. The topological polar surface area (TPSA) is 127 Å². The summed E-state index contributed by atoms with van der Waals surface area (Å²) in [7, 11) is 0. The molecule has 1 aromatic heterocycles. The van der Waals surface area contributed by atoms with E-state index in [4.69, 9.17) is 9.47 Å². The Morgan fingerprint density at radius 3 is 2.19 bits per heavy atom. The average Bonchev–Trinajstić information content (AvgIpc) is 2.78. The Morgan fingerprint density at radius 2 is 1.65 bits per heavy atom. The Kier molecular flexibility index (Phi) is 6.93. The molecular formula is C17H25N3O6. The molecule has 144 valence electrons. The number of aromatic amines is 1. The molecule has 9 heteroatoms. The van der Waals surface area contributed by atoms with Crippen LogP contribution in [0.5, 0.6) is 0 Å². The number of carbonyl (C=O) groups excluding carboxylic acids is 4. The largest absolute Gasteiger partial charge is 0.462 e. The van der Waals surface area contributed by atoms with Gasteiger partial charge in [-0.3, -0.25) is 10.1 Å². The number of hydrogen-bond acceptors (Lipinski definition) is 6. The highest BCUT2D eigenvalue weighted by atomic mass is 16.5. The maximum Gasteiger partial charge on any atom is 0.355 e. The summed E-state index contributed by atoms with van der Waals surface area (Å²) >= 11 is 0. The van der Waals surface area contributed by atoms with Crippen molar-refractivity contribution >= 4 is 23.9 Å². The monoisotopic (exact) mass is 367 g/mol. The van der Waals surface area contributed by atoms with E-state index >= 15 is 0 Å². The first kappa shape index (κ1) is 21.2. The van der Waals surface area contributed by atoms with Gasteiger partial charge in [-0.1, -0.05) is 0 Å². The molecule has 0 saturated carbocycles. The van der Waals surface area contributed by atoms with Crippen LogP contribution in [0.1, 0.15) is 59.8 Å². The molecule has 0 radical (unpaired) electrons. The zero-order chi connectivity index (χ0) is 20.1. The van der Waals surface area contributed by atoms with Gasteiger partial charge in [0.05, 0.1) is 12.2 Å². The van der Waals surface area contributed by atoms with E-state index in [-0.39, 0.29) is 17.9 Å². The minimum atomic E-state index is -0.812. The molecule has 0 aromatic carbocycles. The van der Waals surface area contributed by atoms with Gasteiger partial charge in [0.2, 0.25) is 0 Å². The molecule has 1 aromatic rings. The smallest absolute Gasteiger partial charge is 0.355 e. The van der Waals surface area contributed by atoms with Crippen LogP contribution in [0.25, 0.3) is 0 Å². The van der Waals surface area contributed by atoms with Gasteiger partial charge in [-0.05, 0) is 47.1 Å². The number of carbonyl (C=O) groups is 4. The normalized spacial score (nSPS) is 10.8. The van der Waals surface area contributed by atoms with Crippen LogP contribution in [-0.4, -0.2) is 47.6 Å². The zero-order valence-corrected chi connectivity index (χ0v) is 15.9. The van der Waals surface area contributed by atoms with Crippen LogP contribution in [0.15, 0.2) is 0 Å². The first-order chi connectivity index (χ1) is 12.0. The van der Waals surface area contributed by atoms with Crippen LogP contribution >= 0.6 is 0 Å². The molecule has 0 atom stereocenters. The Morgan fingerprint density at radius 1 is 1.04 bits per heavy atom. The minimum Gasteiger partial charge on any atom is -0.462 e. The maximum absolute atomic E-state index is 12.1. The van der Waals surface area contributed by atoms with Crippen molar-refractivity contribution in [1.29, 1.82) is 0 Å². The van der Waals surface area contributed by atoms with Gasteiger partial charge >= 0.3 is 18.0 Å². The highest BCUT2D eigenvalue weighted by Gasteiger charge is 2.24. The second-order valence-corrected chi connectivity index (χ2v) is 6.67. The number of rotatable bonds is 5. The molecule has 3 N–H and O–H groups in total. The lowest BCUT2D eigenvalue weighted by Gasteiger charge is -2.20. The van der Waals surface area contributed by atoms with Crippen molar-refractivity contribution in [2.24, 2.45) is 0 Å². The summed E-state index contributed by atoms with van der Waals surface area (Å²) < 4.78 is 9.84. The predicted octanol–water partition coefficient (Wildman–Crippen LogP) is 1.59. The molecule has 0 spiro atoms. The summed E-state index contributed by atoms with van der Waals surface area (Å²) in [5.41, 5.74) is 0.632. The van der Waals surface area contributed by atoms with Gasteiger partial charge < -0.3 is 19.8 Å². The Bertz CT molecular complexity index is 715. The van der Waals surface area contributed by atoms with E-state index in [9.17, 15) is 19.2 Å². The lowest BCUT2D eigenvalue weighted by Crippen LogP contribution is -2.49. The van der Waals surface area contributed by atoms with Gasteiger partial charge in [-0.2, -0.15) is 0 Å². The second kappa shape index (κ2) is 8.50. The minimum absolute atomic E-state index is 0.0532. The molecule has 0 aliphatic rings. The number of urea groups is 1. The highest BCUT2D eigenvalue weighted by Crippen LogP contribution is 2.19. The quantitative estimate of drug-likeness (QED) is 0.678. The lowest BCUT2D eigenvalue weighted by atomic mass is 10.1. The van der Waals surface area contributed by atoms with E-state index in [2.05, 4.69) is 15.6 Å². The number of hydrogen-bond donors (Lipinski definition) is 3. The van der Waals surface area contributed by atoms with E-state index in [0.717, 1.165) is 0 Å². The van der Waals surface area contributed by atoms with Gasteiger partial charge in [0.15, 0.2) is 6.61 Å². The van der Waals surface area contributed by atoms with Crippen molar-refractivity contribution in [1.82, 2.24) is 15.6 Å². The van der Waals surface area contributed by atoms with E-state index in [0.29, 0.717) is 11.3 Å². The highest BCUT2D eigenvalue weighted by molar-refractivity contribution is 6.00. The number of ether oxygens (including phenoxy) is 2. The summed E-state index contributed by atoms with van der Waals surface area (Å²) in [5, 5.41) is 4.60. The number of nitrogens with one attached hydrogen (secondary N) is 3. The van der Waals surface area contributed by atoms with Crippen LogP contribution in [0.2, 0.25) is 0 Å². The molecule has 1 rings (SSSR count). The molecule has 0 bridgehead atoms. The van der Waals surface area contributed by atoms with Crippen LogP contribution in [0.4, 0.5) is 4.79 Å². The first-order valence-corrected chi connectivity index (χ1v) is 8.11. The maximum atomic E-state index is 12.1. The molecule has 1 heterocycles. The number of H-pyrrole nitrogens is 1. The number of amides is 3. The van der Waals surface area contributed by atoms with Gasteiger partial charge in [0, 0.05) is 11.2 Å². The summed E-state index contributed by atoms with van der Waals surface area (Å²) in [6.45, 7) is 9.72. The number of imide groups is 1. The van der Waals surface area contributed by atoms with Gasteiger partial charge in [0.25, 0.3) is 5.91 Å². The number of esters is 2. The van der Waals surface area contributed by atoms with Crippen molar-refractivity contribution in [3.05, 3.63) is 22.5 Å². The summed E-state index contributed by atoms with van der Waals surface area (Å²) in [4.78, 5) is 50.1. The molecule has 3 amide bonds. The third kappa shape index (κ3) is 5.91. The molecular weight excluding hydrogens is 342 g/mol. The Labute approximate surface area is 151 Å². The van der Waals surface area contributed by atoms with Crippen LogP contribution < -0.4 is 10.6 Å². The number of aryl methyl sites for hydroxylation is 1. The molecule has 0 aliphatic carbocycles. The van der Waals surface area contributed by atoms with Gasteiger partial charge in [-0.25, -0.2) is 14.4 Å². The van der Waals surface area contributed by atoms with E-state index in [1.165, 1.54) is 0 Å². The molecule has 0 saturated heterocycles. The summed E-state index contributed by atoms with van der Waals surface area (Å²) in [5.74, 6) is -2.13. The average molecular weight is 367 g/mol. The van der Waals surface area contributed by atoms with Crippen molar-refractivity contribution < 1.29 is 28.7 Å².